The summed E-state index contributed by atoms with van der Waals surface area (Å²) in [4.78, 5) is 8.90. The molecule has 0 bridgehead atoms. The van der Waals surface area contributed by atoms with Gasteiger partial charge in [-0.3, -0.25) is 0 Å². The van der Waals surface area contributed by atoms with Crippen LogP contribution in [0.4, 0.5) is 0 Å². The molecule has 0 spiro atoms. The fourth-order valence-electron chi connectivity index (χ4n) is 2.96. The van der Waals surface area contributed by atoms with E-state index in [0.717, 1.165) is 43.3 Å². The molecule has 0 fully saturated rings. The number of ether oxygens (including phenoxy) is 1. The third-order valence-electron chi connectivity index (χ3n) is 4.37. The number of rotatable bonds is 10. The number of para-hydroxylation sites is 1. The molecule has 0 aliphatic rings. The van der Waals surface area contributed by atoms with E-state index in [9.17, 15) is 0 Å². The van der Waals surface area contributed by atoms with Gasteiger partial charge in [-0.1, -0.05) is 32.0 Å². The van der Waals surface area contributed by atoms with Gasteiger partial charge in [-0.25, -0.2) is 9.98 Å². The van der Waals surface area contributed by atoms with Crippen LogP contribution in [-0.2, 0) is 11.3 Å². The molecule has 0 radical (unpaired) electrons. The number of guanidine groups is 1. The van der Waals surface area contributed by atoms with Gasteiger partial charge < -0.3 is 19.9 Å². The molecule has 2 rings (SSSR count). The second kappa shape index (κ2) is 11.4. The van der Waals surface area contributed by atoms with Crippen molar-refractivity contribution in [1.82, 2.24) is 20.2 Å². The third kappa shape index (κ3) is 6.71. The first kappa shape index (κ1) is 21.0. The van der Waals surface area contributed by atoms with Crippen LogP contribution in [0.3, 0.4) is 0 Å². The van der Waals surface area contributed by atoms with Crippen molar-refractivity contribution < 1.29 is 4.74 Å². The van der Waals surface area contributed by atoms with Gasteiger partial charge >= 0.3 is 0 Å². The fraction of sp³-hybridized carbons (Fsp3) is 0.524. The Hall–Kier alpha value is -2.34. The van der Waals surface area contributed by atoms with Gasteiger partial charge in [-0.05, 0) is 37.8 Å². The molecule has 0 amide bonds. The summed E-state index contributed by atoms with van der Waals surface area (Å²) >= 11 is 0. The number of nitrogens with one attached hydrogen (secondary N) is 2. The van der Waals surface area contributed by atoms with Crippen molar-refractivity contribution in [2.24, 2.45) is 10.9 Å². The van der Waals surface area contributed by atoms with Crippen molar-refractivity contribution in [3.05, 3.63) is 48.5 Å². The van der Waals surface area contributed by atoms with Crippen LogP contribution in [0.2, 0.25) is 0 Å². The Morgan fingerprint density at radius 2 is 2.04 bits per heavy atom. The maximum atomic E-state index is 5.82. The standard InChI is InChI=1S/C21H33N5O/c1-5-23-21(24-12-11-20(17(3)4)27-6-2)25-15-18-9-7-8-10-19(18)26-14-13-22-16-26/h7-10,13-14,16-17,20H,5-6,11-12,15H2,1-4H3,(H2,23,24,25). The van der Waals surface area contributed by atoms with Gasteiger partial charge in [0.05, 0.1) is 24.7 Å². The van der Waals surface area contributed by atoms with E-state index in [0.29, 0.717) is 12.5 Å². The van der Waals surface area contributed by atoms with Crippen molar-refractivity contribution in [1.29, 1.82) is 0 Å². The molecule has 2 N–H and O–H groups in total. The van der Waals surface area contributed by atoms with Crippen LogP contribution >= 0.6 is 0 Å². The van der Waals surface area contributed by atoms with Crippen LogP contribution in [0.25, 0.3) is 5.69 Å². The number of imidazole rings is 1. The van der Waals surface area contributed by atoms with E-state index in [1.807, 2.05) is 36.1 Å². The zero-order chi connectivity index (χ0) is 19.5. The largest absolute Gasteiger partial charge is 0.378 e. The lowest BCUT2D eigenvalue weighted by Crippen LogP contribution is -2.39. The highest BCUT2D eigenvalue weighted by Crippen LogP contribution is 2.15. The summed E-state index contributed by atoms with van der Waals surface area (Å²) in [6.45, 7) is 11.5. The Morgan fingerprint density at radius 3 is 2.70 bits per heavy atom. The van der Waals surface area contributed by atoms with Crippen LogP contribution in [0.5, 0.6) is 0 Å². The fourth-order valence-corrected chi connectivity index (χ4v) is 2.96. The monoisotopic (exact) mass is 371 g/mol. The molecule has 1 atom stereocenters. The molecule has 1 aromatic carbocycles. The number of aliphatic imine (C=N–C) groups is 1. The highest BCUT2D eigenvalue weighted by atomic mass is 16.5. The van der Waals surface area contributed by atoms with Crippen molar-refractivity contribution in [2.75, 3.05) is 19.7 Å². The lowest BCUT2D eigenvalue weighted by molar-refractivity contribution is 0.0258. The summed E-state index contributed by atoms with van der Waals surface area (Å²) in [5, 5.41) is 6.75. The topological polar surface area (TPSA) is 63.5 Å². The molecular weight excluding hydrogens is 338 g/mol. The second-order valence-corrected chi connectivity index (χ2v) is 6.75. The highest BCUT2D eigenvalue weighted by Gasteiger charge is 2.13. The lowest BCUT2D eigenvalue weighted by Gasteiger charge is -2.21. The Balaban J connectivity index is 2.00. The molecule has 0 saturated carbocycles. The van der Waals surface area contributed by atoms with E-state index in [2.05, 4.69) is 48.5 Å². The predicted octanol–water partition coefficient (Wildman–Crippen LogP) is 3.38. The molecule has 2 aromatic rings. The molecule has 0 aliphatic heterocycles. The first-order valence-electron chi connectivity index (χ1n) is 9.85. The summed E-state index contributed by atoms with van der Waals surface area (Å²) < 4.78 is 7.84. The van der Waals surface area contributed by atoms with Gasteiger partial charge in [-0.15, -0.1) is 0 Å². The number of benzene rings is 1. The van der Waals surface area contributed by atoms with Crippen LogP contribution in [-0.4, -0.2) is 41.3 Å². The third-order valence-corrected chi connectivity index (χ3v) is 4.37. The Kier molecular flexibility index (Phi) is 8.84. The van der Waals surface area contributed by atoms with Crippen LogP contribution in [0.1, 0.15) is 39.7 Å². The minimum atomic E-state index is 0.271. The van der Waals surface area contributed by atoms with Crippen LogP contribution in [0.15, 0.2) is 48.0 Å². The van der Waals surface area contributed by atoms with Gasteiger partial charge in [0.25, 0.3) is 0 Å². The van der Waals surface area contributed by atoms with E-state index in [-0.39, 0.29) is 6.10 Å². The maximum absolute atomic E-state index is 5.82. The molecular formula is C21H33N5O. The Bertz CT molecular complexity index is 682. The number of nitrogens with zero attached hydrogens (tertiary/aromatic N) is 3. The first-order valence-corrected chi connectivity index (χ1v) is 9.85. The molecule has 1 heterocycles. The van der Waals surface area contributed by atoms with E-state index in [1.165, 1.54) is 0 Å². The molecule has 1 unspecified atom stereocenters. The molecule has 1 aromatic heterocycles. The average Bonchev–Trinajstić information content (AvgIpc) is 3.20. The van der Waals surface area contributed by atoms with E-state index in [4.69, 9.17) is 9.73 Å². The van der Waals surface area contributed by atoms with Crippen LogP contribution < -0.4 is 10.6 Å². The van der Waals surface area contributed by atoms with Crippen molar-refractivity contribution in [2.45, 2.75) is 46.8 Å². The zero-order valence-corrected chi connectivity index (χ0v) is 17.0. The molecule has 0 saturated heterocycles. The molecule has 6 heteroatoms. The molecule has 148 valence electrons. The summed E-state index contributed by atoms with van der Waals surface area (Å²) in [5.74, 6) is 1.34. The zero-order valence-electron chi connectivity index (χ0n) is 17.0. The quantitative estimate of drug-likeness (QED) is 0.496. The Labute approximate surface area is 163 Å². The first-order chi connectivity index (χ1) is 13.2. The minimum absolute atomic E-state index is 0.271. The summed E-state index contributed by atoms with van der Waals surface area (Å²) in [6.07, 6.45) is 6.78. The highest BCUT2D eigenvalue weighted by molar-refractivity contribution is 5.79. The molecule has 27 heavy (non-hydrogen) atoms. The predicted molar refractivity (Wildman–Crippen MR) is 111 cm³/mol. The number of aromatic nitrogens is 2. The summed E-state index contributed by atoms with van der Waals surface area (Å²) in [7, 11) is 0. The molecule has 6 nitrogen and oxygen atoms in total. The number of hydrogen-bond donors (Lipinski definition) is 2. The maximum Gasteiger partial charge on any atom is 0.191 e. The summed E-state index contributed by atoms with van der Waals surface area (Å²) in [5.41, 5.74) is 2.26. The van der Waals surface area contributed by atoms with Crippen molar-refractivity contribution >= 4 is 5.96 Å². The second-order valence-electron chi connectivity index (χ2n) is 6.75. The minimum Gasteiger partial charge on any atom is -0.378 e. The van der Waals surface area contributed by atoms with Crippen molar-refractivity contribution in [3.8, 4) is 5.69 Å². The van der Waals surface area contributed by atoms with Gasteiger partial charge in [0.15, 0.2) is 5.96 Å². The van der Waals surface area contributed by atoms with Gasteiger partial charge in [0.1, 0.15) is 0 Å². The van der Waals surface area contributed by atoms with E-state index in [1.54, 1.807) is 6.20 Å². The van der Waals surface area contributed by atoms with Gasteiger partial charge in [-0.2, -0.15) is 0 Å². The van der Waals surface area contributed by atoms with E-state index < -0.39 is 0 Å². The molecule has 0 aliphatic carbocycles. The van der Waals surface area contributed by atoms with Gasteiger partial charge in [0, 0.05) is 32.1 Å². The SMILES string of the molecule is CCNC(=NCc1ccccc1-n1ccnc1)NCCC(OCC)C(C)C. The lowest BCUT2D eigenvalue weighted by atomic mass is 10.0. The Morgan fingerprint density at radius 1 is 1.22 bits per heavy atom. The normalized spacial score (nSPS) is 13.0. The van der Waals surface area contributed by atoms with E-state index >= 15 is 0 Å². The summed E-state index contributed by atoms with van der Waals surface area (Å²) in [6, 6.07) is 8.27. The number of hydrogen-bond acceptors (Lipinski definition) is 3. The van der Waals surface area contributed by atoms with Gasteiger partial charge in [0.2, 0.25) is 0 Å². The van der Waals surface area contributed by atoms with Crippen LogP contribution in [0, 0.1) is 5.92 Å². The smallest absolute Gasteiger partial charge is 0.191 e. The van der Waals surface area contributed by atoms with Crippen molar-refractivity contribution in [3.63, 3.8) is 0 Å². The average molecular weight is 372 g/mol.